The van der Waals surface area contributed by atoms with Crippen LogP contribution in [0, 0.1) is 0 Å². The summed E-state index contributed by atoms with van der Waals surface area (Å²) in [5.41, 5.74) is 0.288. The van der Waals surface area contributed by atoms with E-state index in [4.69, 9.17) is 9.47 Å². The molecule has 1 amide bonds. The van der Waals surface area contributed by atoms with Crippen molar-refractivity contribution in [2.45, 2.75) is 38.8 Å². The Labute approximate surface area is 145 Å². The number of amides is 1. The van der Waals surface area contributed by atoms with Crippen molar-refractivity contribution in [2.24, 2.45) is 0 Å². The van der Waals surface area contributed by atoms with Crippen LogP contribution in [-0.2, 0) is 24.3 Å². The predicted molar refractivity (Wildman–Crippen MR) is 92.2 cm³/mol. The number of nitrogens with zero attached hydrogens (tertiary/aromatic N) is 3. The molecule has 2 heterocycles. The van der Waals surface area contributed by atoms with Crippen LogP contribution in [0.15, 0.2) is 23.0 Å². The monoisotopic (exact) mass is 346 g/mol. The molecule has 25 heavy (non-hydrogen) atoms. The molecule has 2 aromatic rings. The van der Waals surface area contributed by atoms with E-state index in [1.54, 1.807) is 29.9 Å². The van der Waals surface area contributed by atoms with Gasteiger partial charge in [0.2, 0.25) is 5.91 Å². The predicted octanol–water partition coefficient (Wildman–Crippen LogP) is 1.43. The van der Waals surface area contributed by atoms with Gasteiger partial charge in [-0.15, -0.1) is 0 Å². The second-order valence-corrected chi connectivity index (χ2v) is 5.93. The van der Waals surface area contributed by atoms with E-state index < -0.39 is 0 Å². The van der Waals surface area contributed by atoms with Gasteiger partial charge < -0.3 is 14.8 Å². The van der Waals surface area contributed by atoms with Gasteiger partial charge in [0, 0.05) is 19.0 Å². The summed E-state index contributed by atoms with van der Waals surface area (Å²) < 4.78 is 13.3. The van der Waals surface area contributed by atoms with Crippen molar-refractivity contribution in [3.63, 3.8) is 0 Å². The summed E-state index contributed by atoms with van der Waals surface area (Å²) in [5.74, 6) is 1.54. The van der Waals surface area contributed by atoms with Crippen molar-refractivity contribution in [3.05, 3.63) is 34.5 Å². The number of rotatable bonds is 5. The van der Waals surface area contributed by atoms with Gasteiger partial charge in [-0.2, -0.15) is 5.10 Å². The third kappa shape index (κ3) is 3.67. The zero-order valence-electron chi connectivity index (χ0n) is 14.4. The number of carbonyl (C=O) groups is 1. The van der Waals surface area contributed by atoms with Crippen LogP contribution in [0.3, 0.4) is 0 Å². The Morgan fingerprint density at radius 1 is 1.24 bits per heavy atom. The van der Waals surface area contributed by atoms with Gasteiger partial charge in [-0.3, -0.25) is 9.36 Å². The fourth-order valence-corrected chi connectivity index (χ4v) is 2.96. The Morgan fingerprint density at radius 3 is 2.84 bits per heavy atom. The van der Waals surface area contributed by atoms with Gasteiger partial charge in [-0.1, -0.05) is 6.42 Å². The van der Waals surface area contributed by atoms with Crippen molar-refractivity contribution in [2.75, 3.05) is 19.5 Å². The average Bonchev–Trinajstić information content (AvgIpc) is 2.79. The number of hydrogen-bond donors (Lipinski definition) is 1. The first-order valence-electron chi connectivity index (χ1n) is 8.31. The highest BCUT2D eigenvalue weighted by molar-refractivity contribution is 5.92. The maximum Gasteiger partial charge on any atom is 0.346 e. The van der Waals surface area contributed by atoms with E-state index in [0.29, 0.717) is 23.7 Å². The van der Waals surface area contributed by atoms with Crippen molar-refractivity contribution < 1.29 is 14.3 Å². The minimum atomic E-state index is -0.334. The lowest BCUT2D eigenvalue weighted by molar-refractivity contribution is -0.117. The van der Waals surface area contributed by atoms with E-state index in [0.717, 1.165) is 31.5 Å². The number of aryl methyl sites for hydroxylation is 1. The lowest BCUT2D eigenvalue weighted by atomic mass is 10.2. The van der Waals surface area contributed by atoms with E-state index in [2.05, 4.69) is 10.4 Å². The fourth-order valence-electron chi connectivity index (χ4n) is 2.96. The van der Waals surface area contributed by atoms with E-state index in [-0.39, 0.29) is 18.1 Å². The number of benzene rings is 1. The first-order valence-corrected chi connectivity index (χ1v) is 8.31. The molecule has 1 aromatic carbocycles. The van der Waals surface area contributed by atoms with Crippen LogP contribution in [0.25, 0.3) is 0 Å². The summed E-state index contributed by atoms with van der Waals surface area (Å²) in [7, 11) is 3.07. The number of hydrogen-bond acceptors (Lipinski definition) is 5. The Hall–Kier alpha value is -2.77. The Kier molecular flexibility index (Phi) is 5.06. The lowest BCUT2D eigenvalue weighted by Gasteiger charge is -2.11. The maximum absolute atomic E-state index is 12.4. The fraction of sp³-hybridized carbons (Fsp3) is 0.471. The summed E-state index contributed by atoms with van der Waals surface area (Å²) in [6.45, 7) is 0.538. The second kappa shape index (κ2) is 7.42. The number of nitrogens with one attached hydrogen (secondary N) is 1. The summed E-state index contributed by atoms with van der Waals surface area (Å²) in [6, 6.07) is 5.10. The standard InChI is InChI=1S/C17H22N4O4/c1-24-12-7-8-13(14(10-12)25-2)18-16(22)11-21-17(23)20-9-5-3-4-6-15(20)19-21/h7-8,10H,3-6,9,11H2,1-2H3,(H,18,22). The first kappa shape index (κ1) is 17.1. The largest absolute Gasteiger partial charge is 0.497 e. The summed E-state index contributed by atoms with van der Waals surface area (Å²) in [6.07, 6.45) is 3.86. The normalized spacial score (nSPS) is 13.7. The molecular weight excluding hydrogens is 324 g/mol. The third-order valence-electron chi connectivity index (χ3n) is 4.26. The van der Waals surface area contributed by atoms with Crippen LogP contribution in [0.5, 0.6) is 11.5 Å². The highest BCUT2D eigenvalue weighted by atomic mass is 16.5. The minimum Gasteiger partial charge on any atom is -0.497 e. The molecule has 0 bridgehead atoms. The zero-order chi connectivity index (χ0) is 17.8. The van der Waals surface area contributed by atoms with E-state index >= 15 is 0 Å². The molecule has 1 aliphatic heterocycles. The average molecular weight is 346 g/mol. The van der Waals surface area contributed by atoms with Gasteiger partial charge >= 0.3 is 5.69 Å². The summed E-state index contributed by atoms with van der Waals surface area (Å²) >= 11 is 0. The Morgan fingerprint density at radius 2 is 2.08 bits per heavy atom. The van der Waals surface area contributed by atoms with Crippen LogP contribution in [0.1, 0.15) is 25.1 Å². The Balaban J connectivity index is 1.74. The molecule has 0 unspecified atom stereocenters. The molecule has 1 N–H and O–H groups in total. The summed E-state index contributed by atoms with van der Waals surface area (Å²) in [5, 5.41) is 7.07. The molecule has 0 fully saturated rings. The van der Waals surface area contributed by atoms with E-state index in [9.17, 15) is 9.59 Å². The number of fused-ring (bicyclic) bond motifs is 1. The minimum absolute atomic E-state index is 0.131. The maximum atomic E-state index is 12.4. The van der Waals surface area contributed by atoms with Gasteiger partial charge in [0.1, 0.15) is 23.9 Å². The van der Waals surface area contributed by atoms with Gasteiger partial charge in [0.15, 0.2) is 0 Å². The smallest absolute Gasteiger partial charge is 0.346 e. The van der Waals surface area contributed by atoms with Crippen LogP contribution in [-0.4, -0.2) is 34.5 Å². The molecule has 0 atom stereocenters. The van der Waals surface area contributed by atoms with E-state index in [1.807, 2.05) is 0 Å². The lowest BCUT2D eigenvalue weighted by Crippen LogP contribution is -2.30. The molecule has 0 spiro atoms. The number of methoxy groups -OCH3 is 2. The summed E-state index contributed by atoms with van der Waals surface area (Å²) in [4.78, 5) is 24.7. The highest BCUT2D eigenvalue weighted by Gasteiger charge is 2.18. The van der Waals surface area contributed by atoms with Crippen LogP contribution >= 0.6 is 0 Å². The molecule has 134 valence electrons. The zero-order valence-corrected chi connectivity index (χ0v) is 14.4. The molecule has 3 rings (SSSR count). The van der Waals surface area contributed by atoms with Gasteiger partial charge in [0.25, 0.3) is 0 Å². The topological polar surface area (TPSA) is 87.4 Å². The second-order valence-electron chi connectivity index (χ2n) is 5.93. The Bertz CT molecular complexity index is 825. The number of ether oxygens (including phenoxy) is 2. The van der Waals surface area contributed by atoms with Crippen LogP contribution in [0.4, 0.5) is 5.69 Å². The van der Waals surface area contributed by atoms with Gasteiger partial charge in [0.05, 0.1) is 19.9 Å². The number of aromatic nitrogens is 3. The third-order valence-corrected chi connectivity index (χ3v) is 4.26. The van der Waals surface area contributed by atoms with Crippen LogP contribution in [0.2, 0.25) is 0 Å². The molecular formula is C17H22N4O4. The van der Waals surface area contributed by atoms with Crippen molar-refractivity contribution in [1.29, 1.82) is 0 Å². The molecule has 8 nitrogen and oxygen atoms in total. The van der Waals surface area contributed by atoms with Crippen molar-refractivity contribution in [3.8, 4) is 11.5 Å². The molecule has 0 saturated carbocycles. The quantitative estimate of drug-likeness (QED) is 0.885. The van der Waals surface area contributed by atoms with Crippen molar-refractivity contribution in [1.82, 2.24) is 14.3 Å². The van der Waals surface area contributed by atoms with Gasteiger partial charge in [-0.25, -0.2) is 9.48 Å². The first-order chi connectivity index (χ1) is 12.1. The molecule has 8 heteroatoms. The van der Waals surface area contributed by atoms with Gasteiger partial charge in [-0.05, 0) is 25.0 Å². The molecule has 1 aromatic heterocycles. The van der Waals surface area contributed by atoms with Crippen molar-refractivity contribution >= 4 is 11.6 Å². The molecule has 0 radical (unpaired) electrons. The van der Waals surface area contributed by atoms with Crippen LogP contribution < -0.4 is 20.5 Å². The molecule has 0 aliphatic carbocycles. The highest BCUT2D eigenvalue weighted by Crippen LogP contribution is 2.28. The van der Waals surface area contributed by atoms with E-state index in [1.165, 1.54) is 11.8 Å². The number of carbonyl (C=O) groups excluding carboxylic acids is 1. The number of anilines is 1. The molecule has 1 aliphatic rings. The molecule has 0 saturated heterocycles. The SMILES string of the molecule is COc1ccc(NC(=O)Cn2nc3n(c2=O)CCCCC3)c(OC)c1.